The summed E-state index contributed by atoms with van der Waals surface area (Å²) in [5.41, 5.74) is 8.46. The minimum absolute atomic E-state index is 0.0595. The first-order chi connectivity index (χ1) is 17.2. The van der Waals surface area contributed by atoms with Gasteiger partial charge in [0.15, 0.2) is 8.32 Å². The van der Waals surface area contributed by atoms with Gasteiger partial charge in [-0.25, -0.2) is 0 Å². The fourth-order valence-electron chi connectivity index (χ4n) is 5.44. The number of rotatable bonds is 6. The van der Waals surface area contributed by atoms with E-state index < -0.39 is 14.4 Å². The molecule has 1 unspecified atom stereocenters. The lowest BCUT2D eigenvalue weighted by Crippen LogP contribution is -2.44. The minimum atomic E-state index is -2.07. The molecule has 210 valence electrons. The van der Waals surface area contributed by atoms with Crippen LogP contribution in [0.1, 0.15) is 140 Å². The van der Waals surface area contributed by atoms with E-state index in [9.17, 15) is 5.11 Å². The average molecular weight is 536 g/mol. The van der Waals surface area contributed by atoms with Crippen LogP contribution in [0.2, 0.25) is 18.1 Å². The van der Waals surface area contributed by atoms with Gasteiger partial charge >= 0.3 is 0 Å². The predicted octanol–water partition coefficient (Wildman–Crippen LogP) is 9.65. The van der Waals surface area contributed by atoms with E-state index in [4.69, 9.17) is 9.41 Å². The molecule has 1 aliphatic rings. The molecule has 3 nitrogen and oxygen atoms in total. The Morgan fingerprint density at radius 2 is 1.63 bits per heavy atom. The van der Waals surface area contributed by atoms with Crippen molar-refractivity contribution in [2.24, 2.45) is 5.41 Å². The Morgan fingerprint density at radius 3 is 2.08 bits per heavy atom. The highest BCUT2D eigenvalue weighted by Gasteiger charge is 2.44. The number of allylic oxidation sites excluding steroid dienone is 1. The summed E-state index contributed by atoms with van der Waals surface area (Å²) in [7, 11) is -2.07. The Hall–Kier alpha value is -1.75. The number of aliphatic hydroxyl groups excluding tert-OH is 1. The second-order valence-electron chi connectivity index (χ2n) is 15.3. The van der Waals surface area contributed by atoms with E-state index in [-0.39, 0.29) is 27.9 Å². The molecule has 0 amide bonds. The Kier molecular flexibility index (Phi) is 8.37. The molecule has 4 heteroatoms. The van der Waals surface area contributed by atoms with Crippen molar-refractivity contribution in [2.75, 3.05) is 0 Å². The third kappa shape index (κ3) is 6.18. The van der Waals surface area contributed by atoms with Crippen LogP contribution in [0.5, 0.6) is 0 Å². The highest BCUT2D eigenvalue weighted by molar-refractivity contribution is 6.74. The second kappa shape index (κ2) is 10.3. The van der Waals surface area contributed by atoms with Crippen molar-refractivity contribution in [1.29, 1.82) is 0 Å². The standard InChI is InChI=1S/C34H53NO2Si/c1-21(2)27-28-25(19-34(11,12)20-26(28)37-38(13,14)33(8,9)10)35-30(22(3)4)29(27)31(36)23-15-17-24(18-16-23)32(5,6)7/h15-18,22,26,31,36H,1,19-20H2,2-14H3/t26?,31-/m1/s1. The van der Waals surface area contributed by atoms with Crippen molar-refractivity contribution in [3.8, 4) is 0 Å². The summed E-state index contributed by atoms with van der Waals surface area (Å²) >= 11 is 0. The number of aromatic nitrogens is 1. The quantitative estimate of drug-likeness (QED) is 0.374. The molecule has 0 bridgehead atoms. The minimum Gasteiger partial charge on any atom is -0.410 e. The second-order valence-corrected chi connectivity index (χ2v) is 20.0. The molecular formula is C34H53NO2Si. The van der Waals surface area contributed by atoms with Crippen molar-refractivity contribution in [3.05, 3.63) is 70.0 Å². The zero-order chi connectivity index (χ0) is 29.0. The zero-order valence-corrected chi connectivity index (χ0v) is 27.5. The average Bonchev–Trinajstić information content (AvgIpc) is 2.74. The third-order valence-electron chi connectivity index (χ3n) is 8.67. The van der Waals surface area contributed by atoms with Crippen molar-refractivity contribution in [2.45, 2.75) is 131 Å². The number of hydrogen-bond donors (Lipinski definition) is 1. The Labute approximate surface area is 234 Å². The highest BCUT2D eigenvalue weighted by Crippen LogP contribution is 2.51. The van der Waals surface area contributed by atoms with Crippen LogP contribution >= 0.6 is 0 Å². The van der Waals surface area contributed by atoms with Crippen LogP contribution in [0.15, 0.2) is 30.8 Å². The molecule has 0 fully saturated rings. The molecule has 0 aliphatic heterocycles. The van der Waals surface area contributed by atoms with Gasteiger partial charge in [-0.3, -0.25) is 4.98 Å². The number of benzene rings is 1. The smallest absolute Gasteiger partial charge is 0.192 e. The van der Waals surface area contributed by atoms with E-state index in [2.05, 4.69) is 120 Å². The summed E-state index contributed by atoms with van der Waals surface area (Å²) in [4.78, 5) is 5.33. The maximum absolute atomic E-state index is 12.0. The van der Waals surface area contributed by atoms with Gasteiger partial charge in [-0.15, -0.1) is 0 Å². The van der Waals surface area contributed by atoms with Crippen LogP contribution in [-0.2, 0) is 16.3 Å². The topological polar surface area (TPSA) is 42.4 Å². The highest BCUT2D eigenvalue weighted by atomic mass is 28.4. The van der Waals surface area contributed by atoms with E-state index in [0.717, 1.165) is 52.1 Å². The van der Waals surface area contributed by atoms with Crippen LogP contribution in [0.25, 0.3) is 5.57 Å². The monoisotopic (exact) mass is 535 g/mol. The van der Waals surface area contributed by atoms with Crippen LogP contribution in [0.4, 0.5) is 0 Å². The van der Waals surface area contributed by atoms with E-state index in [1.807, 2.05) is 0 Å². The molecule has 2 aromatic rings. The fourth-order valence-corrected chi connectivity index (χ4v) is 6.70. The van der Waals surface area contributed by atoms with E-state index in [1.165, 1.54) is 5.56 Å². The van der Waals surface area contributed by atoms with Gasteiger partial charge in [0.2, 0.25) is 0 Å². The van der Waals surface area contributed by atoms with Gasteiger partial charge in [0.25, 0.3) is 0 Å². The number of fused-ring (bicyclic) bond motifs is 1. The Bertz CT molecular complexity index is 1180. The third-order valence-corrected chi connectivity index (χ3v) is 13.2. The Morgan fingerprint density at radius 1 is 1.08 bits per heavy atom. The van der Waals surface area contributed by atoms with Crippen molar-refractivity contribution >= 4 is 13.9 Å². The molecule has 3 rings (SSSR count). The maximum Gasteiger partial charge on any atom is 0.192 e. The molecule has 0 radical (unpaired) electrons. The van der Waals surface area contributed by atoms with Crippen molar-refractivity contribution < 1.29 is 9.53 Å². The summed E-state index contributed by atoms with van der Waals surface area (Å²) in [6, 6.07) is 8.44. The SMILES string of the molecule is C=C(C)c1c2c(nc(C(C)C)c1[C@H](O)c1ccc(C(C)(C)C)cc1)CC(C)(C)CC2O[Si](C)(C)C(C)(C)C. The largest absolute Gasteiger partial charge is 0.410 e. The van der Waals surface area contributed by atoms with Gasteiger partial charge in [0.05, 0.1) is 6.10 Å². The number of hydrogen-bond acceptors (Lipinski definition) is 3. The molecule has 0 saturated carbocycles. The number of pyridine rings is 1. The predicted molar refractivity (Wildman–Crippen MR) is 165 cm³/mol. The van der Waals surface area contributed by atoms with Gasteiger partial charge in [0, 0.05) is 22.5 Å². The first kappa shape index (κ1) is 30.8. The molecule has 0 spiro atoms. The molecule has 1 aliphatic carbocycles. The molecule has 1 N–H and O–H groups in total. The van der Waals surface area contributed by atoms with Gasteiger partial charge in [-0.05, 0) is 71.3 Å². The van der Waals surface area contributed by atoms with Gasteiger partial charge in [-0.1, -0.05) is 106 Å². The zero-order valence-electron chi connectivity index (χ0n) is 26.5. The van der Waals surface area contributed by atoms with Gasteiger partial charge < -0.3 is 9.53 Å². The van der Waals surface area contributed by atoms with E-state index in [1.54, 1.807) is 0 Å². The van der Waals surface area contributed by atoms with Gasteiger partial charge in [-0.2, -0.15) is 0 Å². The lowest BCUT2D eigenvalue weighted by Gasteiger charge is -2.45. The molecular weight excluding hydrogens is 482 g/mol. The number of nitrogens with zero attached hydrogens (tertiary/aromatic N) is 1. The van der Waals surface area contributed by atoms with Crippen LogP contribution in [0.3, 0.4) is 0 Å². The first-order valence-corrected chi connectivity index (χ1v) is 17.3. The molecule has 38 heavy (non-hydrogen) atoms. The van der Waals surface area contributed by atoms with Crippen molar-refractivity contribution in [3.63, 3.8) is 0 Å². The summed E-state index contributed by atoms with van der Waals surface area (Å²) in [6.07, 6.45) is 0.987. The fraction of sp³-hybridized carbons (Fsp3) is 0.618. The molecule has 0 saturated heterocycles. The molecule has 2 atom stereocenters. The van der Waals surface area contributed by atoms with Crippen LogP contribution in [-0.4, -0.2) is 18.4 Å². The summed E-state index contributed by atoms with van der Waals surface area (Å²) < 4.78 is 7.17. The van der Waals surface area contributed by atoms with E-state index >= 15 is 0 Å². The molecule has 1 aromatic carbocycles. The Balaban J connectivity index is 2.30. The maximum atomic E-state index is 12.0. The van der Waals surface area contributed by atoms with Crippen molar-refractivity contribution in [1.82, 2.24) is 4.98 Å². The van der Waals surface area contributed by atoms with E-state index in [0.29, 0.717) is 0 Å². The summed E-state index contributed by atoms with van der Waals surface area (Å²) in [6.45, 7) is 33.7. The first-order valence-electron chi connectivity index (χ1n) is 14.3. The lowest BCUT2D eigenvalue weighted by atomic mass is 9.71. The summed E-state index contributed by atoms with van der Waals surface area (Å²) in [5, 5.41) is 12.1. The normalized spacial score (nSPS) is 18.9. The number of aliphatic hydroxyl groups is 1. The van der Waals surface area contributed by atoms with Crippen LogP contribution < -0.4 is 0 Å². The van der Waals surface area contributed by atoms with Crippen LogP contribution in [0, 0.1) is 5.41 Å². The lowest BCUT2D eigenvalue weighted by molar-refractivity contribution is 0.105. The molecule has 1 aromatic heterocycles. The van der Waals surface area contributed by atoms with Gasteiger partial charge in [0.1, 0.15) is 6.10 Å². The molecule has 1 heterocycles. The summed E-state index contributed by atoms with van der Waals surface area (Å²) in [5.74, 6) is 0.168.